The lowest BCUT2D eigenvalue weighted by Gasteiger charge is -2.04. The van der Waals surface area contributed by atoms with Crippen molar-refractivity contribution in [2.75, 3.05) is 6.61 Å². The van der Waals surface area contributed by atoms with Crippen molar-refractivity contribution in [3.05, 3.63) is 23.5 Å². The second kappa shape index (κ2) is 3.85. The number of aldehydes is 1. The molecule has 0 saturated carbocycles. The highest BCUT2D eigenvalue weighted by atomic mass is 16.5. The minimum absolute atomic E-state index is 0.0889. The van der Waals surface area contributed by atoms with Crippen LogP contribution in [0.2, 0.25) is 0 Å². The van der Waals surface area contributed by atoms with E-state index in [9.17, 15) is 4.79 Å². The maximum absolute atomic E-state index is 10.0. The van der Waals surface area contributed by atoms with Gasteiger partial charge in [-0.3, -0.25) is 9.78 Å². The van der Waals surface area contributed by atoms with E-state index >= 15 is 0 Å². The first-order valence-electron chi connectivity index (χ1n) is 3.74. The van der Waals surface area contributed by atoms with Crippen molar-refractivity contribution >= 4 is 6.29 Å². The van der Waals surface area contributed by atoms with E-state index in [0.29, 0.717) is 5.75 Å². The molecule has 0 N–H and O–H groups in total. The maximum atomic E-state index is 10.0. The Morgan fingerprint density at radius 2 is 2.25 bits per heavy atom. The molecule has 64 valence electrons. The van der Waals surface area contributed by atoms with Crippen molar-refractivity contribution in [1.29, 1.82) is 0 Å². The minimum atomic E-state index is 0.0889. The number of ether oxygens (including phenoxy) is 1. The first-order chi connectivity index (χ1) is 5.74. The minimum Gasteiger partial charge on any atom is -0.484 e. The van der Waals surface area contributed by atoms with E-state index in [2.05, 4.69) is 4.98 Å². The Bertz CT molecular complexity index is 284. The summed E-state index contributed by atoms with van der Waals surface area (Å²) in [7, 11) is 0. The van der Waals surface area contributed by atoms with Crippen molar-refractivity contribution in [3.63, 3.8) is 0 Å². The van der Waals surface area contributed by atoms with Crippen molar-refractivity contribution < 1.29 is 9.53 Å². The Balaban J connectivity index is 2.78. The molecule has 0 spiro atoms. The fourth-order valence-electron chi connectivity index (χ4n) is 0.950. The maximum Gasteiger partial charge on any atom is 0.157 e. The van der Waals surface area contributed by atoms with Gasteiger partial charge in [0.1, 0.15) is 12.4 Å². The van der Waals surface area contributed by atoms with Crippen LogP contribution in [0.5, 0.6) is 5.75 Å². The normalized spacial score (nSPS) is 9.50. The molecule has 1 heterocycles. The topological polar surface area (TPSA) is 39.2 Å². The lowest BCUT2D eigenvalue weighted by molar-refractivity contribution is -0.109. The number of carbonyl (C=O) groups is 1. The quantitative estimate of drug-likeness (QED) is 0.633. The third kappa shape index (κ3) is 2.05. The first kappa shape index (κ1) is 8.71. The van der Waals surface area contributed by atoms with Gasteiger partial charge in [-0.2, -0.15) is 0 Å². The summed E-state index contributed by atoms with van der Waals surface area (Å²) in [5.74, 6) is 0.674. The van der Waals surface area contributed by atoms with E-state index < -0.39 is 0 Å². The number of hydrogen-bond donors (Lipinski definition) is 0. The van der Waals surface area contributed by atoms with Crippen molar-refractivity contribution in [3.8, 4) is 5.75 Å². The number of nitrogens with zero attached hydrogens (tertiary/aromatic N) is 1. The highest BCUT2D eigenvalue weighted by Crippen LogP contribution is 2.14. The average Bonchev–Trinajstić information content (AvgIpc) is 2.03. The highest BCUT2D eigenvalue weighted by Gasteiger charge is 1.99. The Hall–Kier alpha value is -1.38. The molecular formula is C9H11NO2. The molecule has 0 saturated heterocycles. The van der Waals surface area contributed by atoms with Crippen LogP contribution >= 0.6 is 0 Å². The van der Waals surface area contributed by atoms with Crippen LogP contribution in [0.3, 0.4) is 0 Å². The zero-order valence-corrected chi connectivity index (χ0v) is 7.20. The Morgan fingerprint density at radius 3 is 2.83 bits per heavy atom. The molecule has 0 radical (unpaired) electrons. The molecule has 1 aromatic heterocycles. The summed E-state index contributed by atoms with van der Waals surface area (Å²) < 4.78 is 5.11. The molecule has 3 nitrogen and oxygen atoms in total. The molecule has 1 aromatic rings. The smallest absolute Gasteiger partial charge is 0.157 e. The van der Waals surface area contributed by atoms with Gasteiger partial charge < -0.3 is 4.74 Å². The Morgan fingerprint density at radius 1 is 1.50 bits per heavy atom. The van der Waals surface area contributed by atoms with Gasteiger partial charge in [0.25, 0.3) is 0 Å². The average molecular weight is 165 g/mol. The Kier molecular flexibility index (Phi) is 2.80. The van der Waals surface area contributed by atoms with Crippen LogP contribution in [-0.2, 0) is 4.79 Å². The van der Waals surface area contributed by atoms with Gasteiger partial charge in [0.2, 0.25) is 0 Å². The van der Waals surface area contributed by atoms with E-state index in [1.165, 1.54) is 0 Å². The number of carbonyl (C=O) groups excluding carboxylic acids is 1. The number of aryl methyl sites for hydroxylation is 2. The number of rotatable bonds is 3. The third-order valence-corrected chi connectivity index (χ3v) is 1.48. The van der Waals surface area contributed by atoms with Crippen LogP contribution < -0.4 is 4.74 Å². The van der Waals surface area contributed by atoms with Crippen LogP contribution in [0.15, 0.2) is 12.1 Å². The fraction of sp³-hybridized carbons (Fsp3) is 0.333. The summed E-state index contributed by atoms with van der Waals surface area (Å²) in [5.41, 5.74) is 1.77. The second-order valence-electron chi connectivity index (χ2n) is 2.51. The number of hydrogen-bond acceptors (Lipinski definition) is 3. The van der Waals surface area contributed by atoms with E-state index in [-0.39, 0.29) is 6.61 Å². The molecule has 0 aliphatic rings. The van der Waals surface area contributed by atoms with Gasteiger partial charge in [0.15, 0.2) is 6.29 Å². The van der Waals surface area contributed by atoms with Gasteiger partial charge in [0, 0.05) is 5.69 Å². The van der Waals surface area contributed by atoms with Gasteiger partial charge in [0.05, 0.1) is 5.69 Å². The van der Waals surface area contributed by atoms with Crippen LogP contribution in [0.1, 0.15) is 11.4 Å². The number of aromatic nitrogens is 1. The monoisotopic (exact) mass is 165 g/mol. The third-order valence-electron chi connectivity index (χ3n) is 1.48. The van der Waals surface area contributed by atoms with E-state index in [1.807, 2.05) is 26.0 Å². The van der Waals surface area contributed by atoms with Crippen LogP contribution in [0, 0.1) is 13.8 Å². The summed E-state index contributed by atoms with van der Waals surface area (Å²) in [6.45, 7) is 3.86. The lowest BCUT2D eigenvalue weighted by atomic mass is 10.3. The molecule has 1 rings (SSSR count). The SMILES string of the molecule is Cc1ccc(OCC=O)c(C)n1. The molecule has 0 fully saturated rings. The van der Waals surface area contributed by atoms with Crippen LogP contribution in [0.25, 0.3) is 0 Å². The standard InChI is InChI=1S/C9H11NO2/c1-7-3-4-9(8(2)10-7)12-6-5-11/h3-5H,6H2,1-2H3. The van der Waals surface area contributed by atoms with Gasteiger partial charge in [-0.05, 0) is 26.0 Å². The van der Waals surface area contributed by atoms with Gasteiger partial charge in [-0.15, -0.1) is 0 Å². The van der Waals surface area contributed by atoms with Gasteiger partial charge in [-0.25, -0.2) is 0 Å². The molecule has 0 unspecified atom stereocenters. The zero-order valence-electron chi connectivity index (χ0n) is 7.20. The molecule has 0 aliphatic carbocycles. The van der Waals surface area contributed by atoms with E-state index in [4.69, 9.17) is 4.74 Å². The largest absolute Gasteiger partial charge is 0.484 e. The lowest BCUT2D eigenvalue weighted by Crippen LogP contribution is -2.00. The molecule has 12 heavy (non-hydrogen) atoms. The number of pyridine rings is 1. The fourth-order valence-corrected chi connectivity index (χ4v) is 0.950. The van der Waals surface area contributed by atoms with Gasteiger partial charge >= 0.3 is 0 Å². The van der Waals surface area contributed by atoms with Crippen molar-refractivity contribution in [2.24, 2.45) is 0 Å². The second-order valence-corrected chi connectivity index (χ2v) is 2.51. The van der Waals surface area contributed by atoms with Crippen LogP contribution in [-0.4, -0.2) is 17.9 Å². The van der Waals surface area contributed by atoms with Crippen molar-refractivity contribution in [2.45, 2.75) is 13.8 Å². The molecule has 0 amide bonds. The molecule has 0 atom stereocenters. The summed E-state index contributed by atoms with van der Waals surface area (Å²) in [5, 5.41) is 0. The molecule has 0 aliphatic heterocycles. The molecule has 3 heteroatoms. The molecular weight excluding hydrogens is 154 g/mol. The predicted octanol–water partition coefficient (Wildman–Crippen LogP) is 1.28. The van der Waals surface area contributed by atoms with E-state index in [1.54, 1.807) is 0 Å². The van der Waals surface area contributed by atoms with Crippen LogP contribution in [0.4, 0.5) is 0 Å². The predicted molar refractivity (Wildman–Crippen MR) is 45.3 cm³/mol. The van der Waals surface area contributed by atoms with Gasteiger partial charge in [-0.1, -0.05) is 0 Å². The van der Waals surface area contributed by atoms with E-state index in [0.717, 1.165) is 17.7 Å². The summed E-state index contributed by atoms with van der Waals surface area (Å²) >= 11 is 0. The zero-order chi connectivity index (χ0) is 8.97. The molecule has 0 aromatic carbocycles. The summed E-state index contributed by atoms with van der Waals surface area (Å²) in [6, 6.07) is 3.67. The Labute approximate surface area is 71.4 Å². The highest BCUT2D eigenvalue weighted by molar-refractivity contribution is 5.51. The first-order valence-corrected chi connectivity index (χ1v) is 3.74. The summed E-state index contributed by atoms with van der Waals surface area (Å²) in [6.07, 6.45) is 0.722. The van der Waals surface area contributed by atoms with Crippen molar-refractivity contribution in [1.82, 2.24) is 4.98 Å². The summed E-state index contributed by atoms with van der Waals surface area (Å²) in [4.78, 5) is 14.2. The molecule has 0 bridgehead atoms.